The predicted molar refractivity (Wildman–Crippen MR) is 257 cm³/mol. The molecule has 1 aliphatic carbocycles. The number of rotatable bonds is 7. The lowest BCUT2D eigenvalue weighted by atomic mass is 9.67. The van der Waals surface area contributed by atoms with E-state index in [0.29, 0.717) is 12.6 Å². The van der Waals surface area contributed by atoms with Gasteiger partial charge in [-0.1, -0.05) is 159 Å². The number of fused-ring (bicyclic) bond motifs is 7. The molecular formula is C58H44N4. The largest absolute Gasteiger partial charge is 0.321 e. The molecular weight excluding hydrogens is 753 g/mol. The summed E-state index contributed by atoms with van der Waals surface area (Å²) in [6, 6.07) is 76.0. The first-order chi connectivity index (χ1) is 30.6. The molecule has 3 heterocycles. The zero-order valence-corrected chi connectivity index (χ0v) is 34.8. The van der Waals surface area contributed by atoms with E-state index >= 15 is 0 Å². The highest BCUT2D eigenvalue weighted by Crippen LogP contribution is 2.57. The predicted octanol–water partition coefficient (Wildman–Crippen LogP) is 14.6. The van der Waals surface area contributed by atoms with Gasteiger partial charge in [-0.05, 0) is 117 Å². The number of benzene rings is 8. The smallest absolute Gasteiger partial charge is 0.138 e. The summed E-state index contributed by atoms with van der Waals surface area (Å²) in [5, 5.41) is 2.42. The highest BCUT2D eigenvalue weighted by Gasteiger charge is 2.46. The molecule has 1 aliphatic heterocycles. The first-order valence-corrected chi connectivity index (χ1v) is 21.7. The van der Waals surface area contributed by atoms with Crippen LogP contribution in [-0.2, 0) is 5.41 Å². The Balaban J connectivity index is 1.09. The molecule has 0 unspecified atom stereocenters. The van der Waals surface area contributed by atoms with Crippen LogP contribution in [0.3, 0.4) is 0 Å². The van der Waals surface area contributed by atoms with Crippen molar-refractivity contribution in [2.24, 2.45) is 0 Å². The van der Waals surface area contributed by atoms with Gasteiger partial charge in [0.1, 0.15) is 12.5 Å². The zero-order valence-electron chi connectivity index (χ0n) is 34.8. The number of pyridine rings is 1. The van der Waals surface area contributed by atoms with E-state index in [2.05, 4.69) is 234 Å². The molecule has 0 spiro atoms. The van der Waals surface area contributed by atoms with E-state index in [0.717, 1.165) is 22.5 Å². The second-order valence-corrected chi connectivity index (χ2v) is 16.9. The lowest BCUT2D eigenvalue weighted by Gasteiger charge is -2.35. The van der Waals surface area contributed by atoms with Crippen LogP contribution in [0, 0.1) is 0 Å². The van der Waals surface area contributed by atoms with Gasteiger partial charge in [-0.15, -0.1) is 0 Å². The molecule has 0 saturated carbocycles. The minimum Gasteiger partial charge on any atom is -0.321 e. The lowest BCUT2D eigenvalue weighted by Crippen LogP contribution is -2.29. The second kappa shape index (κ2) is 14.2. The van der Waals surface area contributed by atoms with Gasteiger partial charge in [-0.25, -0.2) is 4.98 Å². The number of hydrogen-bond donors (Lipinski definition) is 0. The number of aromatic nitrogens is 2. The van der Waals surface area contributed by atoms with Gasteiger partial charge < -0.3 is 9.80 Å². The SMILES string of the molecule is CC(C)c1ccccc1-c1ccnc(-n2c3ccccc3c3ccc(C4(c5cccc(N6CN(c7ccccc7)c7ccccc76)c5)c5ccccc5-c5ccccc54)cc32)c1. The lowest BCUT2D eigenvalue weighted by molar-refractivity contribution is 0.768. The number of para-hydroxylation sites is 4. The Labute approximate surface area is 362 Å². The Morgan fingerprint density at radius 1 is 0.468 bits per heavy atom. The van der Waals surface area contributed by atoms with Crippen molar-refractivity contribution < 1.29 is 0 Å². The van der Waals surface area contributed by atoms with Crippen molar-refractivity contribution in [2.45, 2.75) is 25.2 Å². The Hall–Kier alpha value is -7.69. The molecule has 0 N–H and O–H groups in total. The highest BCUT2D eigenvalue weighted by atomic mass is 15.4. The van der Waals surface area contributed by atoms with Crippen LogP contribution in [0.15, 0.2) is 212 Å². The summed E-state index contributed by atoms with van der Waals surface area (Å²) in [4.78, 5) is 9.99. The Bertz CT molecular complexity index is 3300. The fraction of sp³-hybridized carbons (Fsp3) is 0.0862. The molecule has 0 fully saturated rings. The first-order valence-electron chi connectivity index (χ1n) is 21.7. The summed E-state index contributed by atoms with van der Waals surface area (Å²) in [6.45, 7) is 5.25. The number of anilines is 4. The summed E-state index contributed by atoms with van der Waals surface area (Å²) < 4.78 is 2.38. The molecule has 0 radical (unpaired) electrons. The third kappa shape index (κ3) is 5.36. The van der Waals surface area contributed by atoms with E-state index in [1.807, 2.05) is 6.20 Å². The molecule has 62 heavy (non-hydrogen) atoms. The maximum absolute atomic E-state index is 5.11. The topological polar surface area (TPSA) is 24.3 Å². The third-order valence-corrected chi connectivity index (χ3v) is 13.3. The van der Waals surface area contributed by atoms with Gasteiger partial charge in [0.25, 0.3) is 0 Å². The van der Waals surface area contributed by atoms with Gasteiger partial charge in [-0.3, -0.25) is 4.57 Å². The molecule has 0 saturated heterocycles. The van der Waals surface area contributed by atoms with Crippen molar-refractivity contribution in [2.75, 3.05) is 16.5 Å². The molecule has 8 aromatic carbocycles. The summed E-state index contributed by atoms with van der Waals surface area (Å²) >= 11 is 0. The molecule has 4 nitrogen and oxygen atoms in total. The van der Waals surface area contributed by atoms with Gasteiger partial charge in [0.2, 0.25) is 0 Å². The van der Waals surface area contributed by atoms with E-state index in [1.54, 1.807) is 0 Å². The summed E-state index contributed by atoms with van der Waals surface area (Å²) in [7, 11) is 0. The molecule has 2 aromatic heterocycles. The van der Waals surface area contributed by atoms with Gasteiger partial charge in [0.15, 0.2) is 0 Å². The maximum atomic E-state index is 5.11. The van der Waals surface area contributed by atoms with Crippen LogP contribution in [-0.4, -0.2) is 16.2 Å². The number of nitrogens with zero attached hydrogens (tertiary/aromatic N) is 4. The van der Waals surface area contributed by atoms with Crippen molar-refractivity contribution in [3.8, 4) is 28.1 Å². The normalized spacial score (nSPS) is 13.8. The minimum absolute atomic E-state index is 0.397. The second-order valence-electron chi connectivity index (χ2n) is 16.9. The number of hydrogen-bond acceptors (Lipinski definition) is 3. The Morgan fingerprint density at radius 3 is 1.82 bits per heavy atom. The van der Waals surface area contributed by atoms with E-state index in [1.165, 1.54) is 77.9 Å². The zero-order chi connectivity index (χ0) is 41.4. The van der Waals surface area contributed by atoms with Gasteiger partial charge in [-0.2, -0.15) is 0 Å². The molecule has 0 amide bonds. The summed E-state index contributed by atoms with van der Waals surface area (Å²) in [5.41, 5.74) is 17.7. The van der Waals surface area contributed by atoms with Gasteiger partial charge >= 0.3 is 0 Å². The third-order valence-electron chi connectivity index (χ3n) is 13.3. The van der Waals surface area contributed by atoms with Crippen LogP contribution in [0.25, 0.3) is 49.9 Å². The molecule has 2 aliphatic rings. The fourth-order valence-electron chi connectivity index (χ4n) is 10.6. The van der Waals surface area contributed by atoms with Gasteiger partial charge in [0, 0.05) is 28.3 Å². The van der Waals surface area contributed by atoms with E-state index < -0.39 is 5.41 Å². The monoisotopic (exact) mass is 796 g/mol. The first kappa shape index (κ1) is 36.2. The van der Waals surface area contributed by atoms with Crippen molar-refractivity contribution in [1.29, 1.82) is 0 Å². The highest BCUT2D eigenvalue weighted by molar-refractivity contribution is 6.09. The average molecular weight is 797 g/mol. The van der Waals surface area contributed by atoms with Crippen LogP contribution < -0.4 is 9.80 Å². The molecule has 0 atom stereocenters. The van der Waals surface area contributed by atoms with E-state index in [-0.39, 0.29) is 0 Å². The molecule has 0 bridgehead atoms. The van der Waals surface area contributed by atoms with Gasteiger partial charge in [0.05, 0.1) is 27.8 Å². The van der Waals surface area contributed by atoms with Crippen LogP contribution in [0.2, 0.25) is 0 Å². The van der Waals surface area contributed by atoms with E-state index in [4.69, 9.17) is 4.98 Å². The van der Waals surface area contributed by atoms with Crippen LogP contribution in [0.1, 0.15) is 47.6 Å². The van der Waals surface area contributed by atoms with E-state index in [9.17, 15) is 0 Å². The van der Waals surface area contributed by atoms with Crippen LogP contribution >= 0.6 is 0 Å². The van der Waals surface area contributed by atoms with Crippen LogP contribution in [0.4, 0.5) is 22.7 Å². The molecule has 4 heteroatoms. The fourth-order valence-corrected chi connectivity index (χ4v) is 10.6. The quantitative estimate of drug-likeness (QED) is 0.161. The summed E-state index contributed by atoms with van der Waals surface area (Å²) in [6.07, 6.45) is 1.97. The Kier molecular flexibility index (Phi) is 8.30. The van der Waals surface area contributed by atoms with Crippen LogP contribution in [0.5, 0.6) is 0 Å². The molecule has 296 valence electrons. The molecule has 12 rings (SSSR count). The maximum Gasteiger partial charge on any atom is 0.138 e. The standard InChI is InChI=1S/C58H44N4/c1-39(2)45-21-6-7-22-46(45)40-33-34-59-57(35-40)62-53-28-13-10-25-49(53)50-32-31-42(37-56(50)62)58(51-26-11-8-23-47(51)48-24-9-12-27-52(48)58)41-17-16-20-44(36-41)61-38-60(43-18-4-3-5-19-43)54-29-14-15-30-55(54)61/h3-37,39H,38H2,1-2H3. The Morgan fingerprint density at radius 2 is 1.06 bits per heavy atom. The molecule has 10 aromatic rings. The minimum atomic E-state index is -0.609. The van der Waals surface area contributed by atoms with Crippen molar-refractivity contribution in [3.05, 3.63) is 240 Å². The summed E-state index contributed by atoms with van der Waals surface area (Å²) in [5.74, 6) is 1.30. The van der Waals surface area contributed by atoms with Crippen molar-refractivity contribution >= 4 is 44.6 Å². The average Bonchev–Trinajstić information content (AvgIpc) is 3.99. The van der Waals surface area contributed by atoms with Crippen molar-refractivity contribution in [1.82, 2.24) is 9.55 Å². The van der Waals surface area contributed by atoms with Crippen molar-refractivity contribution in [3.63, 3.8) is 0 Å².